The smallest absolute Gasteiger partial charge is 0.321 e. The molecule has 0 aromatic carbocycles. The predicted octanol–water partition coefficient (Wildman–Crippen LogP) is -0.114. The maximum atomic E-state index is 8.72. The van der Waals surface area contributed by atoms with Gasteiger partial charge < -0.3 is 19.0 Å². The van der Waals surface area contributed by atoms with Crippen LogP contribution < -0.4 is 0 Å². The standard InChI is InChI=1S/C5H10BO4PS/c6-5-2-1-4(10-5)3-9-11(7,8)12/h4-5H,1-3H2,(H2,7,8,12)/t4-,5+/m0/s1. The largest absolute Gasteiger partial charge is 0.382 e. The zero-order valence-corrected chi connectivity index (χ0v) is 8.13. The van der Waals surface area contributed by atoms with Crippen LogP contribution in [0.5, 0.6) is 0 Å². The molecular weight excluding hydrogens is 198 g/mol. The van der Waals surface area contributed by atoms with Gasteiger partial charge in [0.05, 0.1) is 12.7 Å². The number of hydrogen-bond acceptors (Lipinski definition) is 3. The minimum absolute atomic E-state index is 0.109. The fraction of sp³-hybridized carbons (Fsp3) is 1.00. The van der Waals surface area contributed by atoms with Crippen LogP contribution in [0.25, 0.3) is 0 Å². The van der Waals surface area contributed by atoms with E-state index in [9.17, 15) is 0 Å². The molecule has 1 fully saturated rings. The normalized spacial score (nSPS) is 30.8. The van der Waals surface area contributed by atoms with Gasteiger partial charge in [-0.25, -0.2) is 0 Å². The Morgan fingerprint density at radius 3 is 2.67 bits per heavy atom. The summed E-state index contributed by atoms with van der Waals surface area (Å²) < 4.78 is 9.78. The topological polar surface area (TPSA) is 58.9 Å². The summed E-state index contributed by atoms with van der Waals surface area (Å²) in [5, 5.41) is 0. The van der Waals surface area contributed by atoms with Gasteiger partial charge in [-0.3, -0.25) is 0 Å². The quantitative estimate of drug-likeness (QED) is 0.500. The van der Waals surface area contributed by atoms with Crippen LogP contribution in [0.1, 0.15) is 12.8 Å². The van der Waals surface area contributed by atoms with Crippen LogP contribution in [0.15, 0.2) is 0 Å². The first-order chi connectivity index (χ1) is 5.47. The summed E-state index contributed by atoms with van der Waals surface area (Å²) >= 11 is 4.26. The zero-order valence-electron chi connectivity index (χ0n) is 6.42. The van der Waals surface area contributed by atoms with Crippen molar-refractivity contribution >= 4 is 26.4 Å². The molecule has 1 heterocycles. The number of rotatable bonds is 3. The third kappa shape index (κ3) is 3.98. The summed E-state index contributed by atoms with van der Waals surface area (Å²) in [6.07, 6.45) is 1.39. The first kappa shape index (κ1) is 10.6. The molecule has 2 radical (unpaired) electrons. The fourth-order valence-corrected chi connectivity index (χ4v) is 1.58. The van der Waals surface area contributed by atoms with E-state index in [1.54, 1.807) is 0 Å². The SMILES string of the molecule is [B][C@H]1CC[C@@H](COP(O)(O)=S)O1. The van der Waals surface area contributed by atoms with Crippen LogP contribution in [0.2, 0.25) is 0 Å². The highest BCUT2D eigenvalue weighted by Crippen LogP contribution is 2.37. The third-order valence-corrected chi connectivity index (χ3v) is 2.37. The number of hydrogen-bond donors (Lipinski definition) is 2. The first-order valence-corrected chi connectivity index (χ1v) is 6.21. The van der Waals surface area contributed by atoms with Crippen molar-refractivity contribution < 1.29 is 19.0 Å². The Bertz CT molecular complexity index is 196. The van der Waals surface area contributed by atoms with Crippen molar-refractivity contribution in [1.29, 1.82) is 0 Å². The van der Waals surface area contributed by atoms with Gasteiger partial charge in [0.25, 0.3) is 0 Å². The molecule has 0 aromatic rings. The molecule has 0 aromatic heterocycles. The summed E-state index contributed by atoms with van der Waals surface area (Å²) in [6, 6.07) is -0.256. The molecule has 0 spiro atoms. The highest BCUT2D eigenvalue weighted by molar-refractivity contribution is 8.06. The maximum Gasteiger partial charge on any atom is 0.321 e. The minimum Gasteiger partial charge on any atom is -0.382 e. The lowest BCUT2D eigenvalue weighted by Crippen LogP contribution is -2.16. The molecule has 1 saturated heterocycles. The lowest BCUT2D eigenvalue weighted by Gasteiger charge is -2.13. The van der Waals surface area contributed by atoms with Crippen LogP contribution in [-0.2, 0) is 21.1 Å². The predicted molar refractivity (Wildman–Crippen MR) is 48.3 cm³/mol. The molecule has 12 heavy (non-hydrogen) atoms. The van der Waals surface area contributed by atoms with Crippen LogP contribution >= 0.6 is 6.72 Å². The van der Waals surface area contributed by atoms with Crippen molar-refractivity contribution in [2.24, 2.45) is 0 Å². The molecular formula is C5H10BO4PS. The van der Waals surface area contributed by atoms with Gasteiger partial charge in [0, 0.05) is 6.00 Å². The molecule has 0 amide bonds. The second-order valence-corrected chi connectivity index (χ2v) is 5.33. The Morgan fingerprint density at radius 2 is 2.25 bits per heavy atom. The summed E-state index contributed by atoms with van der Waals surface area (Å²) in [5.41, 5.74) is 0. The molecule has 1 rings (SSSR count). The Balaban J connectivity index is 2.21. The van der Waals surface area contributed by atoms with Crippen LogP contribution in [0.4, 0.5) is 0 Å². The van der Waals surface area contributed by atoms with Crippen molar-refractivity contribution in [3.8, 4) is 0 Å². The van der Waals surface area contributed by atoms with E-state index in [-0.39, 0.29) is 18.7 Å². The Morgan fingerprint density at radius 1 is 1.58 bits per heavy atom. The lowest BCUT2D eigenvalue weighted by atomic mass is 9.97. The highest BCUT2D eigenvalue weighted by atomic mass is 32.5. The average molecular weight is 208 g/mol. The molecule has 0 aliphatic carbocycles. The van der Waals surface area contributed by atoms with Gasteiger partial charge in [0.1, 0.15) is 7.85 Å². The Labute approximate surface area is 77.5 Å². The van der Waals surface area contributed by atoms with Crippen LogP contribution in [-0.4, -0.2) is 36.3 Å². The molecule has 0 saturated carbocycles. The fourth-order valence-electron chi connectivity index (χ4n) is 1.04. The Kier molecular flexibility index (Phi) is 3.70. The van der Waals surface area contributed by atoms with Gasteiger partial charge in [-0.15, -0.1) is 0 Å². The van der Waals surface area contributed by atoms with Gasteiger partial charge in [-0.2, -0.15) is 0 Å². The van der Waals surface area contributed by atoms with Crippen LogP contribution in [0.3, 0.4) is 0 Å². The van der Waals surface area contributed by atoms with E-state index in [1.165, 1.54) is 0 Å². The van der Waals surface area contributed by atoms with Gasteiger partial charge in [-0.05, 0) is 24.6 Å². The molecule has 7 heteroatoms. The molecule has 0 unspecified atom stereocenters. The summed E-state index contributed by atoms with van der Waals surface area (Å²) in [7, 11) is 5.44. The van der Waals surface area contributed by atoms with Gasteiger partial charge in [-0.1, -0.05) is 0 Å². The van der Waals surface area contributed by atoms with E-state index in [0.29, 0.717) is 0 Å². The molecule has 1 aliphatic rings. The van der Waals surface area contributed by atoms with Gasteiger partial charge in [0.15, 0.2) is 0 Å². The van der Waals surface area contributed by atoms with Gasteiger partial charge in [0.2, 0.25) is 0 Å². The van der Waals surface area contributed by atoms with Crippen molar-refractivity contribution in [3.63, 3.8) is 0 Å². The molecule has 1 aliphatic heterocycles. The second-order valence-electron chi connectivity index (χ2n) is 2.66. The highest BCUT2D eigenvalue weighted by Gasteiger charge is 2.23. The van der Waals surface area contributed by atoms with E-state index in [0.717, 1.165) is 12.8 Å². The zero-order chi connectivity index (χ0) is 9.19. The summed E-state index contributed by atoms with van der Waals surface area (Å²) in [6.45, 7) is -3.42. The third-order valence-electron chi connectivity index (χ3n) is 1.57. The molecule has 4 nitrogen and oxygen atoms in total. The molecule has 0 bridgehead atoms. The van der Waals surface area contributed by atoms with Gasteiger partial charge >= 0.3 is 6.72 Å². The average Bonchev–Trinajstić information content (AvgIpc) is 2.30. The van der Waals surface area contributed by atoms with E-state index in [4.69, 9.17) is 22.4 Å². The minimum atomic E-state index is -3.53. The maximum absolute atomic E-state index is 8.72. The lowest BCUT2D eigenvalue weighted by molar-refractivity contribution is 0.0466. The van der Waals surface area contributed by atoms with Crippen molar-refractivity contribution in [2.75, 3.05) is 6.61 Å². The van der Waals surface area contributed by atoms with Crippen molar-refractivity contribution in [3.05, 3.63) is 0 Å². The van der Waals surface area contributed by atoms with Crippen LogP contribution in [0, 0.1) is 0 Å². The molecule has 2 N–H and O–H groups in total. The van der Waals surface area contributed by atoms with Crippen molar-refractivity contribution in [2.45, 2.75) is 24.9 Å². The van der Waals surface area contributed by atoms with Crippen molar-refractivity contribution in [1.82, 2.24) is 0 Å². The first-order valence-electron chi connectivity index (χ1n) is 3.58. The van der Waals surface area contributed by atoms with E-state index >= 15 is 0 Å². The monoisotopic (exact) mass is 208 g/mol. The summed E-state index contributed by atoms with van der Waals surface area (Å²) in [5.74, 6) is 0. The second kappa shape index (κ2) is 4.18. The summed E-state index contributed by atoms with van der Waals surface area (Å²) in [4.78, 5) is 17.4. The van der Waals surface area contributed by atoms with E-state index < -0.39 is 6.72 Å². The number of ether oxygens (including phenoxy) is 1. The van der Waals surface area contributed by atoms with E-state index in [1.807, 2.05) is 0 Å². The van der Waals surface area contributed by atoms with E-state index in [2.05, 4.69) is 16.3 Å². The molecule has 2 atom stereocenters. The molecule has 68 valence electrons. The Hall–Kier alpha value is 0.555.